The molecule has 1 aliphatic heterocycles. The maximum atomic E-state index is 12.9. The van der Waals surface area contributed by atoms with Gasteiger partial charge in [0.05, 0.1) is 6.20 Å². The molecule has 7 nitrogen and oxygen atoms in total. The Hall–Kier alpha value is -3.36. The Bertz CT molecular complexity index is 1080. The maximum absolute atomic E-state index is 12.9. The van der Waals surface area contributed by atoms with Gasteiger partial charge in [0, 0.05) is 48.6 Å². The van der Waals surface area contributed by atoms with E-state index < -0.39 is 6.43 Å². The van der Waals surface area contributed by atoms with Gasteiger partial charge in [0.1, 0.15) is 5.69 Å². The van der Waals surface area contributed by atoms with Crippen LogP contribution in [-0.4, -0.2) is 32.2 Å². The highest BCUT2D eigenvalue weighted by Crippen LogP contribution is 2.30. The normalized spacial score (nSPS) is 18.6. The number of carbonyl (C=O) groups is 1. The van der Waals surface area contributed by atoms with Crippen LogP contribution in [0, 0.1) is 12.3 Å². The zero-order valence-corrected chi connectivity index (χ0v) is 16.7. The molecule has 1 amide bonds. The smallest absolute Gasteiger partial charge is 0.280 e. The van der Waals surface area contributed by atoms with E-state index in [0.29, 0.717) is 25.2 Å². The molecule has 0 saturated carbocycles. The highest BCUT2D eigenvalue weighted by atomic mass is 19.3. The summed E-state index contributed by atoms with van der Waals surface area (Å²) in [5, 5.41) is 10.3. The quantitative estimate of drug-likeness (QED) is 0.642. The number of carbonyl (C=O) groups excluding carboxylic acids is 1. The SMILES string of the molecule is Cc1cc(Nc2nccc(C(F)F)n2)cc(-c2cnn(CC3(C)CNC(=O)C3)c2)c1. The summed E-state index contributed by atoms with van der Waals surface area (Å²) in [6, 6.07) is 7.00. The first-order chi connectivity index (χ1) is 14.3. The monoisotopic (exact) mass is 412 g/mol. The minimum absolute atomic E-state index is 0.0670. The number of rotatable bonds is 6. The average molecular weight is 412 g/mol. The zero-order chi connectivity index (χ0) is 21.3. The van der Waals surface area contributed by atoms with Crippen LogP contribution in [0.5, 0.6) is 0 Å². The predicted octanol–water partition coefficient (Wildman–Crippen LogP) is 3.86. The van der Waals surface area contributed by atoms with Gasteiger partial charge >= 0.3 is 0 Å². The number of nitrogens with zero attached hydrogens (tertiary/aromatic N) is 4. The van der Waals surface area contributed by atoms with Gasteiger partial charge in [-0.1, -0.05) is 13.0 Å². The Kier molecular flexibility index (Phi) is 5.19. The molecular weight excluding hydrogens is 390 g/mol. The van der Waals surface area contributed by atoms with Gasteiger partial charge in [-0.05, 0) is 36.2 Å². The zero-order valence-electron chi connectivity index (χ0n) is 16.7. The van der Waals surface area contributed by atoms with Gasteiger partial charge < -0.3 is 10.6 Å². The summed E-state index contributed by atoms with van der Waals surface area (Å²) in [5.74, 6) is 0.184. The minimum atomic E-state index is -2.65. The third-order valence-corrected chi connectivity index (χ3v) is 5.04. The van der Waals surface area contributed by atoms with E-state index in [4.69, 9.17) is 0 Å². The van der Waals surface area contributed by atoms with Gasteiger partial charge in [-0.15, -0.1) is 0 Å². The number of hydrogen-bond donors (Lipinski definition) is 2. The molecule has 0 radical (unpaired) electrons. The van der Waals surface area contributed by atoms with Crippen LogP contribution >= 0.6 is 0 Å². The second kappa shape index (κ2) is 7.81. The Morgan fingerprint density at radius 2 is 2.13 bits per heavy atom. The second-order valence-electron chi connectivity index (χ2n) is 8.01. The Labute approximate surface area is 172 Å². The number of aryl methyl sites for hydroxylation is 1. The van der Waals surface area contributed by atoms with E-state index in [1.807, 2.05) is 36.0 Å². The summed E-state index contributed by atoms with van der Waals surface area (Å²) in [4.78, 5) is 19.4. The lowest BCUT2D eigenvalue weighted by atomic mass is 9.90. The predicted molar refractivity (Wildman–Crippen MR) is 108 cm³/mol. The number of alkyl halides is 2. The van der Waals surface area contributed by atoms with E-state index in [1.165, 1.54) is 12.3 Å². The van der Waals surface area contributed by atoms with Crippen LogP contribution in [0.4, 0.5) is 20.4 Å². The fourth-order valence-corrected chi connectivity index (χ4v) is 3.63. The molecule has 3 heterocycles. The number of anilines is 2. The molecule has 3 aromatic rings. The molecule has 1 unspecified atom stereocenters. The largest absolute Gasteiger partial charge is 0.355 e. The van der Waals surface area contributed by atoms with Crippen LogP contribution in [0.25, 0.3) is 11.1 Å². The van der Waals surface area contributed by atoms with Crippen LogP contribution in [0.2, 0.25) is 0 Å². The minimum Gasteiger partial charge on any atom is -0.355 e. The van der Waals surface area contributed by atoms with Crippen molar-refractivity contribution in [3.05, 3.63) is 54.1 Å². The van der Waals surface area contributed by atoms with Gasteiger partial charge in [0.2, 0.25) is 11.9 Å². The second-order valence-corrected chi connectivity index (χ2v) is 8.01. The maximum Gasteiger partial charge on any atom is 0.280 e. The molecule has 1 saturated heterocycles. The molecule has 1 fully saturated rings. The lowest BCUT2D eigenvalue weighted by Crippen LogP contribution is -2.26. The molecule has 9 heteroatoms. The third-order valence-electron chi connectivity index (χ3n) is 5.04. The van der Waals surface area contributed by atoms with Crippen molar-refractivity contribution in [1.29, 1.82) is 0 Å². The van der Waals surface area contributed by atoms with Gasteiger partial charge in [0.25, 0.3) is 6.43 Å². The summed E-state index contributed by atoms with van der Waals surface area (Å²) in [7, 11) is 0. The van der Waals surface area contributed by atoms with E-state index in [1.54, 1.807) is 6.20 Å². The average Bonchev–Trinajstić information content (AvgIpc) is 3.27. The lowest BCUT2D eigenvalue weighted by Gasteiger charge is -2.20. The van der Waals surface area contributed by atoms with Crippen LogP contribution in [0.1, 0.15) is 31.0 Å². The Morgan fingerprint density at radius 1 is 1.30 bits per heavy atom. The molecule has 0 spiro atoms. The summed E-state index contributed by atoms with van der Waals surface area (Å²) in [5.41, 5.74) is 3.05. The molecular formula is C21H22F2N6O. The van der Waals surface area contributed by atoms with Gasteiger partial charge in [-0.3, -0.25) is 9.48 Å². The topological polar surface area (TPSA) is 84.7 Å². The van der Waals surface area contributed by atoms with Crippen molar-refractivity contribution in [2.24, 2.45) is 5.41 Å². The molecule has 2 aromatic heterocycles. The molecule has 1 aliphatic rings. The molecule has 30 heavy (non-hydrogen) atoms. The number of halogens is 2. The lowest BCUT2D eigenvalue weighted by molar-refractivity contribution is -0.119. The van der Waals surface area contributed by atoms with Crippen molar-refractivity contribution < 1.29 is 13.6 Å². The molecule has 2 N–H and O–H groups in total. The first kappa shape index (κ1) is 19.9. The van der Waals surface area contributed by atoms with Crippen molar-refractivity contribution in [2.45, 2.75) is 33.2 Å². The molecule has 0 bridgehead atoms. The number of amides is 1. The van der Waals surface area contributed by atoms with Gasteiger partial charge in [-0.2, -0.15) is 5.10 Å². The van der Waals surface area contributed by atoms with E-state index in [0.717, 1.165) is 16.7 Å². The van der Waals surface area contributed by atoms with Gasteiger partial charge in [-0.25, -0.2) is 18.7 Å². The standard InChI is InChI=1S/C21H22F2N6O/c1-13-5-14(7-16(6-13)27-20-24-4-3-17(28-20)19(22)23)15-9-26-29(10-15)12-21(2)8-18(30)25-11-21/h3-7,9-10,19H,8,11-12H2,1-2H3,(H,25,30)(H,24,27,28). The van der Waals surface area contributed by atoms with Crippen LogP contribution in [0.15, 0.2) is 42.9 Å². The number of aromatic nitrogens is 4. The molecule has 4 rings (SSSR count). The number of nitrogens with one attached hydrogen (secondary N) is 2. The summed E-state index contributed by atoms with van der Waals surface area (Å²) < 4.78 is 27.6. The van der Waals surface area contributed by atoms with E-state index in [-0.39, 0.29) is 23.0 Å². The van der Waals surface area contributed by atoms with Gasteiger partial charge in [0.15, 0.2) is 0 Å². The van der Waals surface area contributed by atoms with Crippen LogP contribution in [0.3, 0.4) is 0 Å². The van der Waals surface area contributed by atoms with Crippen molar-refractivity contribution in [2.75, 3.05) is 11.9 Å². The molecule has 1 atom stereocenters. The summed E-state index contributed by atoms with van der Waals surface area (Å²) >= 11 is 0. The van der Waals surface area contributed by atoms with Crippen molar-refractivity contribution in [3.63, 3.8) is 0 Å². The highest BCUT2D eigenvalue weighted by molar-refractivity contribution is 5.79. The van der Waals surface area contributed by atoms with Crippen LogP contribution in [-0.2, 0) is 11.3 Å². The molecule has 1 aromatic carbocycles. The fraction of sp³-hybridized carbons (Fsp3) is 0.333. The van der Waals surface area contributed by atoms with Crippen molar-refractivity contribution in [1.82, 2.24) is 25.1 Å². The summed E-state index contributed by atoms with van der Waals surface area (Å²) in [6.07, 6.45) is 2.86. The Balaban J connectivity index is 1.54. The van der Waals surface area contributed by atoms with Crippen LogP contribution < -0.4 is 10.6 Å². The van der Waals surface area contributed by atoms with Crippen molar-refractivity contribution in [3.8, 4) is 11.1 Å². The van der Waals surface area contributed by atoms with E-state index in [2.05, 4.69) is 32.6 Å². The number of hydrogen-bond acceptors (Lipinski definition) is 5. The first-order valence-corrected chi connectivity index (χ1v) is 9.59. The summed E-state index contributed by atoms with van der Waals surface area (Å²) in [6.45, 7) is 5.29. The molecule has 156 valence electrons. The first-order valence-electron chi connectivity index (χ1n) is 9.59. The van der Waals surface area contributed by atoms with Crippen molar-refractivity contribution >= 4 is 17.5 Å². The fourth-order valence-electron chi connectivity index (χ4n) is 3.63. The number of benzene rings is 1. The molecule has 0 aliphatic carbocycles. The highest BCUT2D eigenvalue weighted by Gasteiger charge is 2.34. The van der Waals surface area contributed by atoms with E-state index in [9.17, 15) is 13.6 Å². The Morgan fingerprint density at radius 3 is 2.87 bits per heavy atom. The third kappa shape index (κ3) is 4.45. The van der Waals surface area contributed by atoms with E-state index >= 15 is 0 Å².